The Morgan fingerprint density at radius 2 is 0.467 bits per heavy atom. The Balaban J connectivity index is 2.86. The Kier molecular flexibility index (Phi) is 4.67. The molecule has 0 aliphatic heterocycles. The fraction of sp³-hybridized carbons (Fsp3) is 0. The van der Waals surface area contributed by atoms with Gasteiger partial charge in [0.25, 0.3) is 0 Å². The van der Waals surface area contributed by atoms with Crippen molar-refractivity contribution in [3.05, 3.63) is 44.5 Å². The van der Waals surface area contributed by atoms with Crippen molar-refractivity contribution < 1.29 is 0 Å². The van der Waals surface area contributed by atoms with E-state index in [9.17, 15) is 0 Å². The summed E-state index contributed by atoms with van der Waals surface area (Å²) in [4.78, 5) is 9.28. The number of nitrogens with zero attached hydrogens (tertiary/aromatic N) is 2. The Morgan fingerprint density at radius 1 is 0.300 bits per heavy atom. The molecule has 0 bridgehead atoms. The fourth-order valence-electron chi connectivity index (χ4n) is 3.25. The van der Waals surface area contributed by atoms with Gasteiger partial charge in [-0.15, -0.1) is 51.4 Å². The molecule has 0 N–H and O–H groups in total. The molecule has 0 saturated heterocycles. The molecule has 130 valence electrons. The maximum Gasteiger partial charge on any atom is 0.108 e. The van der Waals surface area contributed by atoms with E-state index < -0.39 is 0 Å². The number of terminal acetylenes is 8. The minimum absolute atomic E-state index is 0.265. The molecule has 1 aromatic heterocycles. The number of rotatable bonds is 0. The molecule has 2 aromatic carbocycles. The van der Waals surface area contributed by atoms with Crippen LogP contribution < -0.4 is 0 Å². The Labute approximate surface area is 175 Å². The lowest BCUT2D eigenvalue weighted by Crippen LogP contribution is -2.05. The van der Waals surface area contributed by atoms with Gasteiger partial charge in [-0.25, -0.2) is 9.97 Å². The van der Waals surface area contributed by atoms with Crippen LogP contribution in [0.25, 0.3) is 22.1 Å². The molecule has 0 radical (unpaired) electrons. The molecule has 1 heterocycles. The lowest BCUT2D eigenvalue weighted by Gasteiger charge is -2.14. The van der Waals surface area contributed by atoms with Gasteiger partial charge >= 0.3 is 0 Å². The van der Waals surface area contributed by atoms with Crippen molar-refractivity contribution >= 4 is 22.1 Å². The zero-order valence-electron chi connectivity index (χ0n) is 15.5. The topological polar surface area (TPSA) is 25.8 Å². The summed E-state index contributed by atoms with van der Waals surface area (Å²) in [5, 5.41) is 0. The average molecular weight is 372 g/mol. The monoisotopic (exact) mass is 372 g/mol. The Morgan fingerprint density at radius 3 is 0.600 bits per heavy atom. The van der Waals surface area contributed by atoms with Crippen LogP contribution in [-0.4, -0.2) is 9.97 Å². The second-order valence-electron chi connectivity index (χ2n) is 5.77. The van der Waals surface area contributed by atoms with Gasteiger partial charge in [0.15, 0.2) is 0 Å². The van der Waals surface area contributed by atoms with E-state index in [1.165, 1.54) is 0 Å². The first kappa shape index (κ1) is 19.3. The molecule has 0 spiro atoms. The van der Waals surface area contributed by atoms with E-state index in [0.717, 1.165) is 0 Å². The minimum atomic E-state index is 0.265. The maximum atomic E-state index is 5.71. The normalized spacial score (nSPS) is 9.07. The summed E-state index contributed by atoms with van der Waals surface area (Å²) in [6.45, 7) is 0. The van der Waals surface area contributed by atoms with Crippen LogP contribution in [0.2, 0.25) is 0 Å². The first-order valence-electron chi connectivity index (χ1n) is 8.20. The molecular formula is C28H8N2. The van der Waals surface area contributed by atoms with E-state index >= 15 is 0 Å². The van der Waals surface area contributed by atoms with Gasteiger partial charge in [0.05, 0.1) is 44.5 Å². The number of hydrogen-bond donors (Lipinski definition) is 0. The lowest BCUT2D eigenvalue weighted by atomic mass is 9.92. The van der Waals surface area contributed by atoms with Gasteiger partial charge in [-0.05, 0) is 0 Å². The van der Waals surface area contributed by atoms with Crippen LogP contribution in [0.3, 0.4) is 0 Å². The molecule has 2 nitrogen and oxygen atoms in total. The highest BCUT2D eigenvalue weighted by atomic mass is 14.8. The first-order valence-corrected chi connectivity index (χ1v) is 8.20. The first-order chi connectivity index (χ1) is 14.6. The van der Waals surface area contributed by atoms with E-state index in [-0.39, 0.29) is 66.6 Å². The number of hydrogen-bond acceptors (Lipinski definition) is 2. The summed E-state index contributed by atoms with van der Waals surface area (Å²) in [5.74, 6) is 20.1. The Bertz CT molecular complexity index is 1410. The average Bonchev–Trinajstić information content (AvgIpc) is 2.79. The van der Waals surface area contributed by atoms with E-state index in [1.807, 2.05) is 0 Å². The third kappa shape index (κ3) is 2.36. The van der Waals surface area contributed by atoms with Crippen molar-refractivity contribution in [3.8, 4) is 98.8 Å². The smallest absolute Gasteiger partial charge is 0.108 e. The van der Waals surface area contributed by atoms with Gasteiger partial charge in [0.2, 0.25) is 0 Å². The molecule has 0 atom stereocenters. The van der Waals surface area contributed by atoms with Gasteiger partial charge in [0.1, 0.15) is 22.1 Å². The summed E-state index contributed by atoms with van der Waals surface area (Å²) >= 11 is 0. The number of benzene rings is 2. The molecule has 2 heteroatoms. The lowest BCUT2D eigenvalue weighted by molar-refractivity contribution is 1.34. The van der Waals surface area contributed by atoms with Gasteiger partial charge < -0.3 is 0 Å². The van der Waals surface area contributed by atoms with Gasteiger partial charge in [-0.2, -0.15) is 0 Å². The van der Waals surface area contributed by atoms with Gasteiger partial charge in [-0.3, -0.25) is 0 Å². The minimum Gasteiger partial charge on any atom is -0.242 e. The second kappa shape index (κ2) is 7.26. The van der Waals surface area contributed by atoms with Crippen molar-refractivity contribution in [1.29, 1.82) is 0 Å². The van der Waals surface area contributed by atoms with Crippen LogP contribution in [0.5, 0.6) is 0 Å². The van der Waals surface area contributed by atoms with Crippen LogP contribution in [0.1, 0.15) is 44.5 Å². The van der Waals surface area contributed by atoms with E-state index in [2.05, 4.69) is 57.3 Å². The van der Waals surface area contributed by atoms with Crippen LogP contribution >= 0.6 is 0 Å². The molecule has 0 aliphatic carbocycles. The summed E-state index contributed by atoms with van der Waals surface area (Å²) in [6, 6.07) is 0. The number of fused-ring (bicyclic) bond motifs is 2. The summed E-state index contributed by atoms with van der Waals surface area (Å²) in [5.41, 5.74) is 3.20. The molecule has 3 aromatic rings. The highest BCUT2D eigenvalue weighted by molar-refractivity contribution is 6.01. The number of aromatic nitrogens is 2. The standard InChI is InChI=1S/C28H8N2/c1-9-17-18(10-2)22(14-6)26-25(21(17)13-5)29-27-23(15-7)19(11-3)20(12-4)24(16-8)28(27)30-26/h1-8H. The third-order valence-corrected chi connectivity index (χ3v) is 4.50. The van der Waals surface area contributed by atoms with Gasteiger partial charge in [0, 0.05) is 0 Å². The molecule has 0 amide bonds. The van der Waals surface area contributed by atoms with Crippen molar-refractivity contribution in [2.45, 2.75) is 0 Å². The van der Waals surface area contributed by atoms with Crippen molar-refractivity contribution in [1.82, 2.24) is 9.97 Å². The SMILES string of the molecule is C#Cc1c(C#C)c(C#C)c2nc3c(C#C)c(C#C)c(C#C)c(C#C)c3nc2c1C#C. The molecule has 3 rings (SSSR count). The molecule has 0 unspecified atom stereocenters. The molecule has 0 saturated carbocycles. The summed E-state index contributed by atoms with van der Waals surface area (Å²) in [7, 11) is 0. The molecule has 30 heavy (non-hydrogen) atoms. The van der Waals surface area contributed by atoms with Crippen molar-refractivity contribution in [2.75, 3.05) is 0 Å². The van der Waals surface area contributed by atoms with Crippen molar-refractivity contribution in [2.24, 2.45) is 0 Å². The second-order valence-corrected chi connectivity index (χ2v) is 5.77. The summed E-state index contributed by atoms with van der Waals surface area (Å²) in [6.07, 6.45) is 45.5. The predicted molar refractivity (Wildman–Crippen MR) is 121 cm³/mol. The predicted octanol–water partition coefficient (Wildman–Crippen LogP) is 2.63. The Hall–Kier alpha value is -5.48. The zero-order chi connectivity index (χ0) is 22.0. The molecular weight excluding hydrogens is 364 g/mol. The van der Waals surface area contributed by atoms with E-state index in [4.69, 9.17) is 51.4 Å². The van der Waals surface area contributed by atoms with Crippen molar-refractivity contribution in [3.63, 3.8) is 0 Å². The molecule has 0 fully saturated rings. The van der Waals surface area contributed by atoms with Crippen LogP contribution in [0, 0.1) is 98.8 Å². The van der Waals surface area contributed by atoms with Crippen LogP contribution in [-0.2, 0) is 0 Å². The van der Waals surface area contributed by atoms with E-state index in [1.54, 1.807) is 0 Å². The fourth-order valence-corrected chi connectivity index (χ4v) is 3.25. The van der Waals surface area contributed by atoms with E-state index in [0.29, 0.717) is 0 Å². The quantitative estimate of drug-likeness (QED) is 0.448. The maximum absolute atomic E-state index is 5.71. The highest BCUT2D eigenvalue weighted by Gasteiger charge is 2.23. The van der Waals surface area contributed by atoms with Crippen LogP contribution in [0.4, 0.5) is 0 Å². The largest absolute Gasteiger partial charge is 0.242 e. The summed E-state index contributed by atoms with van der Waals surface area (Å²) < 4.78 is 0. The third-order valence-electron chi connectivity index (χ3n) is 4.50. The molecule has 0 aliphatic rings. The zero-order valence-corrected chi connectivity index (χ0v) is 15.5. The van der Waals surface area contributed by atoms with Gasteiger partial charge in [-0.1, -0.05) is 47.4 Å². The highest BCUT2D eigenvalue weighted by Crippen LogP contribution is 2.33. The van der Waals surface area contributed by atoms with Crippen LogP contribution in [0.15, 0.2) is 0 Å².